The predicted molar refractivity (Wildman–Crippen MR) is 118 cm³/mol. The van der Waals surface area contributed by atoms with Crippen molar-refractivity contribution in [2.75, 3.05) is 0 Å². The molecule has 164 valence electrons. The lowest BCUT2D eigenvalue weighted by atomic mass is 9.51. The molecule has 5 aliphatic rings. The van der Waals surface area contributed by atoms with Gasteiger partial charge < -0.3 is 4.74 Å². The van der Waals surface area contributed by atoms with Gasteiger partial charge in [0.05, 0.1) is 17.4 Å². The molecular formula is C27H32O4. The van der Waals surface area contributed by atoms with Crippen LogP contribution in [0.5, 0.6) is 0 Å². The van der Waals surface area contributed by atoms with Crippen molar-refractivity contribution in [1.82, 2.24) is 0 Å². The molecule has 4 heteroatoms. The van der Waals surface area contributed by atoms with Crippen LogP contribution in [0.25, 0.3) is 0 Å². The highest BCUT2D eigenvalue weighted by atomic mass is 16.5. The van der Waals surface area contributed by atoms with Crippen molar-refractivity contribution < 1.29 is 19.1 Å². The van der Waals surface area contributed by atoms with E-state index in [1.54, 1.807) is 12.2 Å². The standard InChI is InChI=1S/C27H32O4/c1-5-16(2)31-24(30)19-15-17-14-18(28)6-12-26(17,4)20-8-13-27-21(23(19)20)7-10-25(27,3)11-9-22(27)29/h6-7,12,14,16,19H,5,8-11,13,15H2,1-4H3/t16?,19-,25+,26?,27?/m1/s1. The van der Waals surface area contributed by atoms with Crippen LogP contribution in [0.3, 0.4) is 0 Å². The SMILES string of the molecule is CCC(C)OC(=O)[C@@H]1CC2=CC(=O)C=CC2(C)C2=C1C1=CC[C@@]3(C)CCC(=O)C13CC2. The molecule has 0 N–H and O–H groups in total. The molecule has 0 aromatic carbocycles. The van der Waals surface area contributed by atoms with Gasteiger partial charge in [0.25, 0.3) is 0 Å². The molecule has 0 amide bonds. The van der Waals surface area contributed by atoms with Crippen LogP contribution in [0.1, 0.15) is 72.6 Å². The molecule has 1 spiro atoms. The van der Waals surface area contributed by atoms with Crippen molar-refractivity contribution in [1.29, 1.82) is 0 Å². The van der Waals surface area contributed by atoms with E-state index in [9.17, 15) is 14.4 Å². The quantitative estimate of drug-likeness (QED) is 0.589. The van der Waals surface area contributed by atoms with E-state index in [4.69, 9.17) is 4.74 Å². The molecule has 0 aliphatic heterocycles. The highest BCUT2D eigenvalue weighted by Gasteiger charge is 2.65. The number of hydrogen-bond donors (Lipinski definition) is 0. The summed E-state index contributed by atoms with van der Waals surface area (Å²) in [4.78, 5) is 39.0. The number of allylic oxidation sites excluding steroid dienone is 7. The fourth-order valence-corrected chi connectivity index (χ4v) is 7.05. The van der Waals surface area contributed by atoms with E-state index in [1.165, 1.54) is 5.57 Å². The summed E-state index contributed by atoms with van der Waals surface area (Å²) in [7, 11) is 0. The van der Waals surface area contributed by atoms with Crippen LogP contribution in [0, 0.1) is 22.2 Å². The maximum Gasteiger partial charge on any atom is 0.314 e. The third kappa shape index (κ3) is 2.57. The molecule has 5 atom stereocenters. The Balaban J connectivity index is 1.69. The van der Waals surface area contributed by atoms with Crippen molar-refractivity contribution >= 4 is 17.5 Å². The second-order valence-electron chi connectivity index (χ2n) is 10.6. The molecular weight excluding hydrogens is 388 g/mol. The van der Waals surface area contributed by atoms with Crippen molar-refractivity contribution in [3.63, 3.8) is 0 Å². The minimum absolute atomic E-state index is 0.0172. The number of ketones is 2. The van der Waals surface area contributed by atoms with E-state index in [2.05, 4.69) is 19.9 Å². The average molecular weight is 421 g/mol. The molecule has 31 heavy (non-hydrogen) atoms. The smallest absolute Gasteiger partial charge is 0.314 e. The number of ether oxygens (including phenoxy) is 1. The Hall–Kier alpha value is -2.23. The summed E-state index contributed by atoms with van der Waals surface area (Å²) in [6.07, 6.45) is 12.8. The van der Waals surface area contributed by atoms with Crippen molar-refractivity contribution in [3.8, 4) is 0 Å². The first-order valence-electron chi connectivity index (χ1n) is 11.8. The van der Waals surface area contributed by atoms with E-state index in [0.29, 0.717) is 18.6 Å². The summed E-state index contributed by atoms with van der Waals surface area (Å²) < 4.78 is 5.82. The van der Waals surface area contributed by atoms with Gasteiger partial charge in [-0.3, -0.25) is 14.4 Å². The van der Waals surface area contributed by atoms with Crippen LogP contribution >= 0.6 is 0 Å². The molecule has 1 fully saturated rings. The number of carbonyl (C=O) groups is 3. The van der Waals surface area contributed by atoms with E-state index < -0.39 is 11.3 Å². The first-order valence-corrected chi connectivity index (χ1v) is 11.8. The molecule has 3 unspecified atom stereocenters. The highest BCUT2D eigenvalue weighted by Crippen LogP contribution is 2.70. The zero-order valence-corrected chi connectivity index (χ0v) is 19.0. The Morgan fingerprint density at radius 1 is 1.23 bits per heavy atom. The minimum atomic E-state index is -0.452. The van der Waals surface area contributed by atoms with E-state index in [-0.39, 0.29) is 28.7 Å². The van der Waals surface area contributed by atoms with E-state index in [1.807, 2.05) is 19.9 Å². The summed E-state index contributed by atoms with van der Waals surface area (Å²) in [5.41, 5.74) is 3.51. The Morgan fingerprint density at radius 2 is 2.00 bits per heavy atom. The second-order valence-corrected chi connectivity index (χ2v) is 10.6. The number of fused-ring (bicyclic) bond motifs is 3. The van der Waals surface area contributed by atoms with Crippen LogP contribution < -0.4 is 0 Å². The zero-order chi connectivity index (χ0) is 22.2. The number of Topliss-reactive ketones (excluding diaryl/α,β-unsaturated/α-hetero) is 1. The lowest BCUT2D eigenvalue weighted by molar-refractivity contribution is -0.152. The third-order valence-corrected chi connectivity index (χ3v) is 9.13. The molecule has 4 nitrogen and oxygen atoms in total. The maximum atomic E-state index is 13.4. The fraction of sp³-hybridized carbons (Fsp3) is 0.593. The van der Waals surface area contributed by atoms with Gasteiger partial charge in [0.15, 0.2) is 5.78 Å². The predicted octanol–water partition coefficient (Wildman–Crippen LogP) is 5.20. The summed E-state index contributed by atoms with van der Waals surface area (Å²) in [6, 6.07) is 0. The van der Waals surface area contributed by atoms with Gasteiger partial charge >= 0.3 is 5.97 Å². The van der Waals surface area contributed by atoms with Gasteiger partial charge in [-0.05, 0) is 81.1 Å². The lowest BCUT2D eigenvalue weighted by Crippen LogP contribution is -2.46. The molecule has 0 saturated heterocycles. The van der Waals surface area contributed by atoms with Crippen molar-refractivity contribution in [3.05, 3.63) is 46.6 Å². The van der Waals surface area contributed by atoms with Crippen LogP contribution in [-0.2, 0) is 19.1 Å². The van der Waals surface area contributed by atoms with Crippen LogP contribution in [0.4, 0.5) is 0 Å². The Labute approximate surface area is 184 Å². The van der Waals surface area contributed by atoms with Crippen LogP contribution in [0.2, 0.25) is 0 Å². The second kappa shape index (κ2) is 6.63. The zero-order valence-electron chi connectivity index (χ0n) is 19.0. The van der Waals surface area contributed by atoms with Crippen molar-refractivity contribution in [2.45, 2.75) is 78.7 Å². The molecule has 0 aromatic heterocycles. The van der Waals surface area contributed by atoms with Crippen LogP contribution in [-0.4, -0.2) is 23.6 Å². The van der Waals surface area contributed by atoms with E-state index in [0.717, 1.165) is 48.8 Å². The van der Waals surface area contributed by atoms with Crippen molar-refractivity contribution in [2.24, 2.45) is 22.2 Å². The first-order chi connectivity index (χ1) is 14.7. The van der Waals surface area contributed by atoms with Crippen LogP contribution in [0.15, 0.2) is 46.6 Å². The molecule has 5 aliphatic carbocycles. The van der Waals surface area contributed by atoms with Gasteiger partial charge in [0.2, 0.25) is 0 Å². The normalized spacial score (nSPS) is 39.3. The summed E-state index contributed by atoms with van der Waals surface area (Å²) in [5.74, 6) is -0.331. The largest absolute Gasteiger partial charge is 0.462 e. The Bertz CT molecular complexity index is 1020. The van der Waals surface area contributed by atoms with Gasteiger partial charge in [-0.25, -0.2) is 0 Å². The number of hydrogen-bond acceptors (Lipinski definition) is 4. The van der Waals surface area contributed by atoms with Gasteiger partial charge in [0.1, 0.15) is 5.78 Å². The molecule has 0 aromatic rings. The summed E-state index contributed by atoms with van der Waals surface area (Å²) in [5, 5.41) is 0. The van der Waals surface area contributed by atoms with Gasteiger partial charge in [-0.2, -0.15) is 0 Å². The average Bonchev–Trinajstić information content (AvgIpc) is 3.18. The molecule has 5 rings (SSSR count). The van der Waals surface area contributed by atoms with Gasteiger partial charge in [-0.15, -0.1) is 0 Å². The Kier molecular flexibility index (Phi) is 4.42. The fourth-order valence-electron chi connectivity index (χ4n) is 7.05. The summed E-state index contributed by atoms with van der Waals surface area (Å²) >= 11 is 0. The minimum Gasteiger partial charge on any atom is -0.462 e. The number of carbonyl (C=O) groups excluding carboxylic acids is 3. The monoisotopic (exact) mass is 420 g/mol. The number of esters is 1. The number of rotatable bonds is 3. The Morgan fingerprint density at radius 3 is 2.74 bits per heavy atom. The maximum absolute atomic E-state index is 13.4. The van der Waals surface area contributed by atoms with Gasteiger partial charge in [0, 0.05) is 11.8 Å². The van der Waals surface area contributed by atoms with Gasteiger partial charge in [-0.1, -0.05) is 37.1 Å². The molecule has 1 saturated carbocycles. The molecule has 0 bridgehead atoms. The lowest BCUT2D eigenvalue weighted by Gasteiger charge is -2.51. The van der Waals surface area contributed by atoms with E-state index >= 15 is 0 Å². The highest BCUT2D eigenvalue weighted by molar-refractivity contribution is 6.02. The third-order valence-electron chi connectivity index (χ3n) is 9.13. The molecule has 0 radical (unpaired) electrons. The summed E-state index contributed by atoms with van der Waals surface area (Å²) in [6.45, 7) is 8.34. The topological polar surface area (TPSA) is 60.4 Å². The molecule has 0 heterocycles. The first kappa shape index (κ1) is 20.7.